The van der Waals surface area contributed by atoms with Crippen LogP contribution in [0.3, 0.4) is 0 Å². The monoisotopic (exact) mass is 414 g/mol. The van der Waals surface area contributed by atoms with E-state index in [1.165, 1.54) is 0 Å². The van der Waals surface area contributed by atoms with Crippen LogP contribution in [0.25, 0.3) is 0 Å². The van der Waals surface area contributed by atoms with E-state index in [-0.39, 0.29) is 0 Å². The van der Waals surface area contributed by atoms with E-state index in [0.717, 1.165) is 56.6 Å². The van der Waals surface area contributed by atoms with Crippen LogP contribution in [-0.4, -0.2) is 41.1 Å². The molecule has 0 radical (unpaired) electrons. The highest BCUT2D eigenvalue weighted by atomic mass is 32.2. The van der Waals surface area contributed by atoms with Crippen LogP contribution >= 0.6 is 0 Å². The van der Waals surface area contributed by atoms with Crippen molar-refractivity contribution >= 4 is 21.4 Å². The molecule has 0 spiro atoms. The topological polar surface area (TPSA) is 53.9 Å². The highest BCUT2D eigenvalue weighted by Gasteiger charge is 2.31. The van der Waals surface area contributed by atoms with Crippen LogP contribution in [0.5, 0.6) is 0 Å². The van der Waals surface area contributed by atoms with Crippen molar-refractivity contribution in [1.29, 1.82) is 0 Å². The summed E-state index contributed by atoms with van der Waals surface area (Å²) in [5.41, 5.74) is 0.301. The molecule has 9 heteroatoms. The zero-order valence-corrected chi connectivity index (χ0v) is 16.3. The van der Waals surface area contributed by atoms with Crippen molar-refractivity contribution in [3.05, 3.63) is 54.1 Å². The minimum atomic E-state index is -4.60. The third-order valence-corrected chi connectivity index (χ3v) is 6.31. The average molecular weight is 414 g/mol. The molecule has 2 N–H and O–H groups in total. The Bertz CT molecular complexity index is 907. The first-order valence-electron chi connectivity index (χ1n) is 9.08. The summed E-state index contributed by atoms with van der Waals surface area (Å²) in [6.07, 6.45) is -4.60. The highest BCUT2D eigenvalue weighted by Crippen LogP contribution is 2.31. The normalized spacial score (nSPS) is 16.2. The van der Waals surface area contributed by atoms with Gasteiger partial charge in [-0.05, 0) is 49.4 Å². The predicted molar refractivity (Wildman–Crippen MR) is 102 cm³/mol. The molecule has 0 aliphatic carbocycles. The van der Waals surface area contributed by atoms with Gasteiger partial charge in [-0.25, -0.2) is 8.42 Å². The summed E-state index contributed by atoms with van der Waals surface area (Å²) in [4.78, 5) is 3.37. The van der Waals surface area contributed by atoms with Gasteiger partial charge in [-0.15, -0.1) is 0 Å². The fraction of sp³-hybridized carbons (Fsp3) is 0.368. The lowest BCUT2D eigenvalue weighted by atomic mass is 10.2. The Morgan fingerprint density at radius 1 is 1.07 bits per heavy atom. The molecular weight excluding hydrogens is 391 g/mol. The molecule has 2 aromatic rings. The van der Waals surface area contributed by atoms with Gasteiger partial charge in [0.1, 0.15) is 0 Å². The Balaban J connectivity index is 1.71. The van der Waals surface area contributed by atoms with E-state index in [4.69, 9.17) is 0 Å². The molecule has 3 rings (SSSR count). The van der Waals surface area contributed by atoms with E-state index in [2.05, 4.69) is 16.5 Å². The number of likely N-dealkylation sites (N-methyl/N-ethyl adjacent to an activating group) is 1. The van der Waals surface area contributed by atoms with E-state index >= 15 is 0 Å². The second-order valence-corrected chi connectivity index (χ2v) is 8.45. The number of alkyl halides is 3. The third-order valence-electron chi connectivity index (χ3n) is 4.93. The number of nitrogens with one attached hydrogen (secondary N) is 2. The quantitative estimate of drug-likeness (QED) is 0.789. The smallest absolute Gasteiger partial charge is 0.360 e. The molecule has 152 valence electrons. The second-order valence-electron chi connectivity index (χ2n) is 6.77. The van der Waals surface area contributed by atoms with Gasteiger partial charge < -0.3 is 9.80 Å². The van der Waals surface area contributed by atoms with Crippen LogP contribution in [-0.2, 0) is 16.2 Å². The van der Waals surface area contributed by atoms with Crippen molar-refractivity contribution in [2.75, 3.05) is 42.3 Å². The van der Waals surface area contributed by atoms with Crippen LogP contribution in [0.1, 0.15) is 12.5 Å². The van der Waals surface area contributed by atoms with Gasteiger partial charge in [0.05, 0.1) is 43.2 Å². The third kappa shape index (κ3) is 4.77. The van der Waals surface area contributed by atoms with Gasteiger partial charge in [-0.2, -0.15) is 13.2 Å². The number of quaternary nitrogens is 1. The lowest BCUT2D eigenvalue weighted by Crippen LogP contribution is -3.14. The summed E-state index contributed by atoms with van der Waals surface area (Å²) in [5, 5.41) is 0. The minimum absolute atomic E-state index is 0.305. The molecule has 0 atom stereocenters. The molecule has 1 heterocycles. The van der Waals surface area contributed by atoms with E-state index in [0.29, 0.717) is 11.8 Å². The lowest BCUT2D eigenvalue weighted by Gasteiger charge is -2.33. The highest BCUT2D eigenvalue weighted by molar-refractivity contribution is 7.92. The van der Waals surface area contributed by atoms with Crippen LogP contribution in [0.15, 0.2) is 53.4 Å². The summed E-state index contributed by atoms with van der Waals surface area (Å²) in [6, 6.07) is 10.6. The summed E-state index contributed by atoms with van der Waals surface area (Å²) < 4.78 is 65.7. The SMILES string of the molecule is CC[NH+]1CCN(c2ccc(NS(=O)(=O)c3cccc(C(F)(F)F)c3)cc2)CC1. The Labute approximate surface area is 162 Å². The number of benzene rings is 2. The summed E-state index contributed by atoms with van der Waals surface area (Å²) >= 11 is 0. The maximum Gasteiger partial charge on any atom is 0.416 e. The van der Waals surface area contributed by atoms with Gasteiger partial charge in [0.15, 0.2) is 0 Å². The molecule has 0 amide bonds. The van der Waals surface area contributed by atoms with Crippen LogP contribution in [0.4, 0.5) is 24.5 Å². The van der Waals surface area contributed by atoms with E-state index in [9.17, 15) is 21.6 Å². The van der Waals surface area contributed by atoms with Crippen molar-refractivity contribution in [2.24, 2.45) is 0 Å². The molecule has 2 aromatic carbocycles. The zero-order valence-electron chi connectivity index (χ0n) is 15.5. The van der Waals surface area contributed by atoms with Crippen molar-refractivity contribution in [2.45, 2.75) is 18.0 Å². The van der Waals surface area contributed by atoms with E-state index in [1.54, 1.807) is 17.0 Å². The average Bonchev–Trinajstić information content (AvgIpc) is 2.68. The Kier molecular flexibility index (Phi) is 5.85. The maximum absolute atomic E-state index is 12.8. The van der Waals surface area contributed by atoms with Crippen LogP contribution in [0.2, 0.25) is 0 Å². The van der Waals surface area contributed by atoms with Crippen LogP contribution < -0.4 is 14.5 Å². The molecule has 0 bridgehead atoms. The fourth-order valence-electron chi connectivity index (χ4n) is 3.23. The zero-order chi connectivity index (χ0) is 20.4. The first kappa shape index (κ1) is 20.5. The Hall–Kier alpha value is -2.26. The number of piperazine rings is 1. The summed E-state index contributed by atoms with van der Waals surface area (Å²) in [5.74, 6) is 0. The van der Waals surface area contributed by atoms with Gasteiger partial charge >= 0.3 is 6.18 Å². The van der Waals surface area contributed by atoms with Crippen molar-refractivity contribution < 1.29 is 26.5 Å². The largest absolute Gasteiger partial charge is 0.416 e. The van der Waals surface area contributed by atoms with Crippen LogP contribution in [0, 0.1) is 0 Å². The molecule has 0 saturated carbocycles. The Morgan fingerprint density at radius 2 is 1.71 bits per heavy atom. The first-order chi connectivity index (χ1) is 13.2. The number of rotatable bonds is 5. The summed E-state index contributed by atoms with van der Waals surface area (Å²) in [6.45, 7) is 7.23. The molecule has 0 unspecified atom stereocenters. The number of halogens is 3. The van der Waals surface area contributed by atoms with Crippen molar-refractivity contribution in [1.82, 2.24) is 0 Å². The number of nitrogens with zero attached hydrogens (tertiary/aromatic N) is 1. The standard InChI is InChI=1S/C19H22F3N3O2S/c1-2-24-10-12-25(13-11-24)17-8-6-16(7-9-17)23-28(26,27)18-5-3-4-15(14-18)19(20,21)22/h3-9,14,23H,2,10-13H2,1H3/p+1. The van der Waals surface area contributed by atoms with Gasteiger partial charge in [-0.1, -0.05) is 6.07 Å². The van der Waals surface area contributed by atoms with Crippen molar-refractivity contribution in [3.63, 3.8) is 0 Å². The molecule has 0 aromatic heterocycles. The fourth-order valence-corrected chi connectivity index (χ4v) is 4.33. The Morgan fingerprint density at radius 3 is 2.29 bits per heavy atom. The van der Waals surface area contributed by atoms with Gasteiger partial charge in [0.2, 0.25) is 0 Å². The van der Waals surface area contributed by atoms with E-state index in [1.807, 2.05) is 12.1 Å². The van der Waals surface area contributed by atoms with E-state index < -0.39 is 26.7 Å². The lowest BCUT2D eigenvalue weighted by molar-refractivity contribution is -0.898. The number of hydrogen-bond acceptors (Lipinski definition) is 3. The molecule has 5 nitrogen and oxygen atoms in total. The number of hydrogen-bond donors (Lipinski definition) is 2. The molecular formula is C19H23F3N3O2S+. The van der Waals surface area contributed by atoms with Gasteiger partial charge in [0.25, 0.3) is 10.0 Å². The second kappa shape index (κ2) is 8.00. The van der Waals surface area contributed by atoms with Gasteiger partial charge in [-0.3, -0.25) is 4.72 Å². The molecule has 1 aliphatic rings. The molecule has 28 heavy (non-hydrogen) atoms. The number of sulfonamides is 1. The first-order valence-corrected chi connectivity index (χ1v) is 10.6. The molecule has 1 fully saturated rings. The minimum Gasteiger partial charge on any atom is -0.360 e. The maximum atomic E-state index is 12.8. The summed E-state index contributed by atoms with van der Waals surface area (Å²) in [7, 11) is -4.11. The molecule has 1 saturated heterocycles. The number of anilines is 2. The predicted octanol–water partition coefficient (Wildman–Crippen LogP) is 2.23. The molecule has 1 aliphatic heterocycles. The van der Waals surface area contributed by atoms with Crippen molar-refractivity contribution in [3.8, 4) is 0 Å². The van der Waals surface area contributed by atoms with Gasteiger partial charge in [0, 0.05) is 11.4 Å².